The lowest BCUT2D eigenvalue weighted by Crippen LogP contribution is -2.21. The molecule has 3 nitrogen and oxygen atoms in total. The highest BCUT2D eigenvalue weighted by Gasteiger charge is 1.97. The van der Waals surface area contributed by atoms with Crippen LogP contribution < -0.4 is 5.32 Å². The lowest BCUT2D eigenvalue weighted by molar-refractivity contribution is 0.587. The third-order valence-corrected chi connectivity index (χ3v) is 2.16. The van der Waals surface area contributed by atoms with Gasteiger partial charge in [-0.25, -0.2) is 4.98 Å². The van der Waals surface area contributed by atoms with E-state index in [-0.39, 0.29) is 0 Å². The summed E-state index contributed by atoms with van der Waals surface area (Å²) in [5.41, 5.74) is 2.28. The van der Waals surface area contributed by atoms with Crippen molar-refractivity contribution in [3.05, 3.63) is 36.3 Å². The molecule has 0 atom stereocenters. The molecular formula is C11H15N3. The number of rotatable bonds is 3. The maximum atomic E-state index is 4.20. The molecule has 2 heterocycles. The fourth-order valence-electron chi connectivity index (χ4n) is 1.39. The predicted octanol–water partition coefficient (Wildman–Crippen LogP) is 1.83. The van der Waals surface area contributed by atoms with Gasteiger partial charge in [0.1, 0.15) is 5.65 Å². The van der Waals surface area contributed by atoms with Gasteiger partial charge in [-0.1, -0.05) is 19.9 Å². The maximum absolute atomic E-state index is 4.20. The van der Waals surface area contributed by atoms with Gasteiger partial charge in [-0.3, -0.25) is 0 Å². The van der Waals surface area contributed by atoms with E-state index in [2.05, 4.69) is 36.4 Å². The van der Waals surface area contributed by atoms with Gasteiger partial charge in [0, 0.05) is 31.2 Å². The largest absolute Gasteiger partial charge is 0.310 e. The zero-order chi connectivity index (χ0) is 9.97. The van der Waals surface area contributed by atoms with Gasteiger partial charge in [0.2, 0.25) is 0 Å². The van der Waals surface area contributed by atoms with E-state index in [1.807, 2.05) is 22.9 Å². The van der Waals surface area contributed by atoms with E-state index in [4.69, 9.17) is 0 Å². The summed E-state index contributed by atoms with van der Waals surface area (Å²) in [5.74, 6) is 0. The fourth-order valence-corrected chi connectivity index (χ4v) is 1.39. The van der Waals surface area contributed by atoms with Crippen molar-refractivity contribution in [1.82, 2.24) is 14.7 Å². The highest BCUT2D eigenvalue weighted by molar-refractivity contribution is 5.39. The zero-order valence-corrected chi connectivity index (χ0v) is 8.57. The van der Waals surface area contributed by atoms with Crippen molar-refractivity contribution in [3.8, 4) is 0 Å². The van der Waals surface area contributed by atoms with Gasteiger partial charge in [-0.15, -0.1) is 0 Å². The zero-order valence-electron chi connectivity index (χ0n) is 8.57. The Morgan fingerprint density at radius 3 is 3.07 bits per heavy atom. The number of hydrogen-bond donors (Lipinski definition) is 1. The molecule has 3 heteroatoms. The monoisotopic (exact) mass is 189 g/mol. The molecule has 0 bridgehead atoms. The third-order valence-electron chi connectivity index (χ3n) is 2.16. The number of nitrogens with one attached hydrogen (secondary N) is 1. The lowest BCUT2D eigenvalue weighted by atomic mass is 10.2. The first-order chi connectivity index (χ1) is 6.75. The topological polar surface area (TPSA) is 29.3 Å². The summed E-state index contributed by atoms with van der Waals surface area (Å²) in [4.78, 5) is 4.20. The molecule has 14 heavy (non-hydrogen) atoms. The van der Waals surface area contributed by atoms with Gasteiger partial charge in [-0.2, -0.15) is 0 Å². The second-order valence-corrected chi connectivity index (χ2v) is 3.77. The van der Waals surface area contributed by atoms with Crippen LogP contribution in [0.2, 0.25) is 0 Å². The van der Waals surface area contributed by atoms with Crippen LogP contribution in [0.4, 0.5) is 0 Å². The molecule has 2 aromatic heterocycles. The fraction of sp³-hybridized carbons (Fsp3) is 0.364. The maximum Gasteiger partial charge on any atom is 0.136 e. The van der Waals surface area contributed by atoms with Crippen LogP contribution in [0.5, 0.6) is 0 Å². The van der Waals surface area contributed by atoms with Crippen molar-refractivity contribution in [3.63, 3.8) is 0 Å². The minimum atomic E-state index is 0.522. The quantitative estimate of drug-likeness (QED) is 0.798. The molecule has 2 aromatic rings. The number of nitrogens with zero attached hydrogens (tertiary/aromatic N) is 2. The summed E-state index contributed by atoms with van der Waals surface area (Å²) in [6.45, 7) is 5.21. The lowest BCUT2D eigenvalue weighted by Gasteiger charge is -2.07. The molecule has 74 valence electrons. The van der Waals surface area contributed by atoms with Gasteiger partial charge in [0.25, 0.3) is 0 Å². The third kappa shape index (κ3) is 1.93. The van der Waals surface area contributed by atoms with Crippen LogP contribution in [0.25, 0.3) is 5.65 Å². The molecule has 0 saturated carbocycles. The smallest absolute Gasteiger partial charge is 0.136 e. The Labute approximate surface area is 83.8 Å². The average molecular weight is 189 g/mol. The molecule has 1 N–H and O–H groups in total. The van der Waals surface area contributed by atoms with E-state index >= 15 is 0 Å². The first kappa shape index (κ1) is 9.21. The van der Waals surface area contributed by atoms with E-state index in [0.717, 1.165) is 12.2 Å². The number of imidazole rings is 1. The molecule has 0 unspecified atom stereocenters. The second kappa shape index (κ2) is 3.80. The van der Waals surface area contributed by atoms with Crippen molar-refractivity contribution in [2.75, 3.05) is 0 Å². The number of hydrogen-bond acceptors (Lipinski definition) is 2. The van der Waals surface area contributed by atoms with Gasteiger partial charge < -0.3 is 9.72 Å². The molecule has 0 aliphatic rings. The standard InChI is InChI=1S/C11H15N3/c1-9(2)13-7-10-3-4-11-12-5-6-14(11)8-10/h3-6,8-9,13H,7H2,1-2H3. The highest BCUT2D eigenvalue weighted by atomic mass is 15.0. The molecule has 0 radical (unpaired) electrons. The Bertz CT molecular complexity index is 417. The van der Waals surface area contributed by atoms with E-state index in [0.29, 0.717) is 6.04 Å². The number of aromatic nitrogens is 2. The van der Waals surface area contributed by atoms with Crippen molar-refractivity contribution in [2.24, 2.45) is 0 Å². The molecule has 2 rings (SSSR count). The summed E-state index contributed by atoms with van der Waals surface area (Å²) in [6, 6.07) is 4.67. The highest BCUT2D eigenvalue weighted by Crippen LogP contribution is 2.04. The Balaban J connectivity index is 2.17. The predicted molar refractivity (Wildman–Crippen MR) is 57.2 cm³/mol. The molecular weight excluding hydrogens is 174 g/mol. The average Bonchev–Trinajstić information content (AvgIpc) is 2.61. The summed E-state index contributed by atoms with van der Waals surface area (Å²) in [7, 11) is 0. The van der Waals surface area contributed by atoms with Crippen LogP contribution in [0, 0.1) is 0 Å². The molecule has 0 amide bonds. The molecule has 0 spiro atoms. The van der Waals surface area contributed by atoms with Crippen LogP contribution in [-0.4, -0.2) is 15.4 Å². The molecule has 0 aliphatic heterocycles. The first-order valence-corrected chi connectivity index (χ1v) is 4.90. The Morgan fingerprint density at radius 1 is 1.43 bits per heavy atom. The number of fused-ring (bicyclic) bond motifs is 1. The van der Waals surface area contributed by atoms with Gasteiger partial charge in [0.05, 0.1) is 0 Å². The van der Waals surface area contributed by atoms with Crippen LogP contribution in [0.3, 0.4) is 0 Å². The van der Waals surface area contributed by atoms with Crippen LogP contribution >= 0.6 is 0 Å². The SMILES string of the molecule is CC(C)NCc1ccc2nccn2c1. The van der Waals surface area contributed by atoms with Gasteiger partial charge >= 0.3 is 0 Å². The Hall–Kier alpha value is -1.35. The van der Waals surface area contributed by atoms with E-state index < -0.39 is 0 Å². The molecule has 0 saturated heterocycles. The normalized spacial score (nSPS) is 11.4. The van der Waals surface area contributed by atoms with E-state index in [9.17, 15) is 0 Å². The van der Waals surface area contributed by atoms with Crippen molar-refractivity contribution >= 4 is 5.65 Å². The molecule has 0 aromatic carbocycles. The molecule has 0 fully saturated rings. The number of pyridine rings is 1. The van der Waals surface area contributed by atoms with Crippen LogP contribution in [0.15, 0.2) is 30.7 Å². The van der Waals surface area contributed by atoms with Gasteiger partial charge in [0.15, 0.2) is 0 Å². The van der Waals surface area contributed by atoms with Crippen molar-refractivity contribution in [2.45, 2.75) is 26.4 Å². The van der Waals surface area contributed by atoms with E-state index in [1.54, 1.807) is 0 Å². The van der Waals surface area contributed by atoms with E-state index in [1.165, 1.54) is 5.56 Å². The summed E-state index contributed by atoms with van der Waals surface area (Å²) in [5, 5.41) is 3.38. The van der Waals surface area contributed by atoms with Gasteiger partial charge in [-0.05, 0) is 11.6 Å². The van der Waals surface area contributed by atoms with Crippen molar-refractivity contribution < 1.29 is 0 Å². The first-order valence-electron chi connectivity index (χ1n) is 4.90. The summed E-state index contributed by atoms with van der Waals surface area (Å²) >= 11 is 0. The Kier molecular flexibility index (Phi) is 2.50. The minimum Gasteiger partial charge on any atom is -0.310 e. The van der Waals surface area contributed by atoms with Crippen molar-refractivity contribution in [1.29, 1.82) is 0 Å². The second-order valence-electron chi connectivity index (χ2n) is 3.77. The Morgan fingerprint density at radius 2 is 2.29 bits per heavy atom. The molecule has 0 aliphatic carbocycles. The minimum absolute atomic E-state index is 0.522. The summed E-state index contributed by atoms with van der Waals surface area (Å²) < 4.78 is 2.04. The summed E-state index contributed by atoms with van der Waals surface area (Å²) in [6.07, 6.45) is 5.89. The van der Waals surface area contributed by atoms with Crippen LogP contribution in [-0.2, 0) is 6.54 Å². The van der Waals surface area contributed by atoms with Crippen LogP contribution in [0.1, 0.15) is 19.4 Å².